The molecule has 4 heteroatoms. The number of aliphatic hydroxyl groups is 2. The van der Waals surface area contributed by atoms with E-state index in [1.165, 1.54) is 5.56 Å². The second-order valence-electron chi connectivity index (χ2n) is 6.44. The molecule has 1 saturated heterocycles. The molecule has 1 fully saturated rings. The Morgan fingerprint density at radius 3 is 3.15 bits per heavy atom. The summed E-state index contributed by atoms with van der Waals surface area (Å²) in [4.78, 5) is 0. The van der Waals surface area contributed by atoms with Crippen LogP contribution in [0.4, 0.5) is 0 Å². The monoisotopic (exact) mass is 271 g/mol. The molecule has 4 nitrogen and oxygen atoms in total. The summed E-state index contributed by atoms with van der Waals surface area (Å²) in [6.07, 6.45) is 4.05. The maximum absolute atomic E-state index is 11.4. The van der Waals surface area contributed by atoms with E-state index in [1.807, 2.05) is 12.1 Å². The summed E-state index contributed by atoms with van der Waals surface area (Å²) in [5.41, 5.74) is 0.916. The molecule has 20 heavy (non-hydrogen) atoms. The zero-order valence-electron chi connectivity index (χ0n) is 11.0. The highest BCUT2D eigenvalue weighted by Crippen LogP contribution is 2.60. The van der Waals surface area contributed by atoms with E-state index in [-0.39, 0.29) is 12.1 Å². The van der Waals surface area contributed by atoms with Gasteiger partial charge in [0.2, 0.25) is 0 Å². The van der Waals surface area contributed by atoms with E-state index in [4.69, 9.17) is 4.74 Å². The number of rotatable bonds is 0. The molecule has 0 amide bonds. The fraction of sp³-hybridized carbons (Fsp3) is 0.500. The molecule has 2 bridgehead atoms. The summed E-state index contributed by atoms with van der Waals surface area (Å²) in [7, 11) is 0. The lowest BCUT2D eigenvalue weighted by Gasteiger charge is -2.58. The van der Waals surface area contributed by atoms with Crippen molar-refractivity contribution in [3.63, 3.8) is 0 Å². The lowest BCUT2D eigenvalue weighted by atomic mass is 9.51. The summed E-state index contributed by atoms with van der Waals surface area (Å²) in [5.74, 6) is 0.842. The Morgan fingerprint density at radius 1 is 1.35 bits per heavy atom. The third-order valence-corrected chi connectivity index (χ3v) is 5.74. The van der Waals surface area contributed by atoms with Gasteiger partial charge < -0.3 is 20.3 Å². The maximum Gasteiger partial charge on any atom is 0.141 e. The quantitative estimate of drug-likeness (QED) is 0.593. The molecular formula is C16H17NO3. The molecule has 0 unspecified atom stereocenters. The number of benzene rings is 1. The Labute approximate surface area is 117 Å². The lowest BCUT2D eigenvalue weighted by molar-refractivity contribution is -0.120. The van der Waals surface area contributed by atoms with E-state index in [1.54, 1.807) is 12.2 Å². The van der Waals surface area contributed by atoms with Crippen LogP contribution in [0, 0.1) is 0 Å². The molecule has 4 aliphatic rings. The Hall–Kier alpha value is -1.36. The zero-order valence-corrected chi connectivity index (χ0v) is 11.0. The molecule has 1 aromatic carbocycles. The van der Waals surface area contributed by atoms with Gasteiger partial charge in [0, 0.05) is 11.6 Å². The average Bonchev–Trinajstić information content (AvgIpc) is 2.76. The first-order chi connectivity index (χ1) is 9.67. The predicted octanol–water partition coefficient (Wildman–Crippen LogP) is 0.265. The highest BCUT2D eigenvalue weighted by atomic mass is 16.5. The van der Waals surface area contributed by atoms with Crippen molar-refractivity contribution in [1.82, 2.24) is 5.32 Å². The minimum atomic E-state index is -0.964. The third kappa shape index (κ3) is 0.974. The minimum absolute atomic E-state index is 0.00745. The average molecular weight is 271 g/mol. The second-order valence-corrected chi connectivity index (χ2v) is 6.44. The molecule has 0 saturated carbocycles. The van der Waals surface area contributed by atoms with Gasteiger partial charge in [0.15, 0.2) is 0 Å². The van der Waals surface area contributed by atoms with Crippen LogP contribution in [0.2, 0.25) is 0 Å². The van der Waals surface area contributed by atoms with Crippen LogP contribution in [0.3, 0.4) is 0 Å². The van der Waals surface area contributed by atoms with Crippen LogP contribution in [0.1, 0.15) is 17.5 Å². The van der Waals surface area contributed by atoms with Gasteiger partial charge in [-0.3, -0.25) is 0 Å². The third-order valence-electron chi connectivity index (χ3n) is 5.74. The minimum Gasteiger partial charge on any atom is -0.486 e. The number of aliphatic hydroxyl groups excluding tert-OH is 1. The second kappa shape index (κ2) is 3.27. The Balaban J connectivity index is 1.90. The van der Waals surface area contributed by atoms with E-state index in [9.17, 15) is 10.2 Å². The molecule has 3 N–H and O–H groups in total. The first kappa shape index (κ1) is 11.3. The molecule has 1 aromatic rings. The van der Waals surface area contributed by atoms with Gasteiger partial charge in [-0.25, -0.2) is 0 Å². The lowest BCUT2D eigenvalue weighted by Crippen LogP contribution is -2.75. The highest BCUT2D eigenvalue weighted by molar-refractivity contribution is 5.59. The first-order valence-corrected chi connectivity index (χ1v) is 7.29. The summed E-state index contributed by atoms with van der Waals surface area (Å²) in [6, 6.07) is 6.08. The maximum atomic E-state index is 11.4. The molecule has 0 aromatic heterocycles. The Morgan fingerprint density at radius 2 is 2.25 bits per heavy atom. The van der Waals surface area contributed by atoms with E-state index in [0.717, 1.165) is 30.7 Å². The van der Waals surface area contributed by atoms with Crippen LogP contribution in [0.15, 0.2) is 30.4 Å². The van der Waals surface area contributed by atoms with Crippen molar-refractivity contribution in [2.75, 3.05) is 6.54 Å². The molecule has 2 aliphatic heterocycles. The Kier molecular flexibility index (Phi) is 1.85. The van der Waals surface area contributed by atoms with Gasteiger partial charge in [-0.1, -0.05) is 24.3 Å². The van der Waals surface area contributed by atoms with Crippen molar-refractivity contribution in [3.05, 3.63) is 41.5 Å². The van der Waals surface area contributed by atoms with Crippen molar-refractivity contribution in [2.45, 2.75) is 42.1 Å². The summed E-state index contributed by atoms with van der Waals surface area (Å²) >= 11 is 0. The SMILES string of the molecule is O[C@H]1C=C[C@@]2(O)[C@H]3Cc4cccc5c4[C@@]2(CCN3)[C@H]1O5. The number of piperidine rings is 1. The number of hydrogen-bond donors (Lipinski definition) is 3. The van der Waals surface area contributed by atoms with Gasteiger partial charge in [0.05, 0.1) is 5.41 Å². The fourth-order valence-electron chi connectivity index (χ4n) is 4.96. The standard InChI is InChI=1S/C16H17NO3/c18-10-4-5-16(19)12-8-9-2-1-3-11-13(9)15(16,6-7-17-12)14(10)20-11/h1-5,10,12,14,17-19H,6-8H2/t10-,12+,14-,15-,16+/m0/s1. The molecule has 0 radical (unpaired) electrons. The smallest absolute Gasteiger partial charge is 0.141 e. The van der Waals surface area contributed by atoms with Crippen LogP contribution < -0.4 is 10.1 Å². The van der Waals surface area contributed by atoms with Gasteiger partial charge in [-0.2, -0.15) is 0 Å². The number of hydrogen-bond acceptors (Lipinski definition) is 4. The summed E-state index contributed by atoms with van der Waals surface area (Å²) in [6.45, 7) is 0.848. The molecular weight excluding hydrogens is 254 g/mol. The van der Waals surface area contributed by atoms with Gasteiger partial charge in [0.25, 0.3) is 0 Å². The van der Waals surface area contributed by atoms with Crippen molar-refractivity contribution in [2.24, 2.45) is 0 Å². The van der Waals surface area contributed by atoms with Crippen molar-refractivity contribution < 1.29 is 14.9 Å². The van der Waals surface area contributed by atoms with Gasteiger partial charge in [-0.05, 0) is 31.0 Å². The highest BCUT2D eigenvalue weighted by Gasteiger charge is 2.69. The topological polar surface area (TPSA) is 61.7 Å². The molecule has 104 valence electrons. The molecule has 2 heterocycles. The van der Waals surface area contributed by atoms with Gasteiger partial charge in [0.1, 0.15) is 23.6 Å². The van der Waals surface area contributed by atoms with Crippen LogP contribution in [0.5, 0.6) is 5.75 Å². The van der Waals surface area contributed by atoms with Crippen molar-refractivity contribution in [1.29, 1.82) is 0 Å². The molecule has 1 spiro atoms. The van der Waals surface area contributed by atoms with Crippen molar-refractivity contribution >= 4 is 0 Å². The van der Waals surface area contributed by atoms with E-state index < -0.39 is 17.1 Å². The van der Waals surface area contributed by atoms with Crippen LogP contribution in [0.25, 0.3) is 0 Å². The number of ether oxygens (including phenoxy) is 1. The summed E-state index contributed by atoms with van der Waals surface area (Å²) < 4.78 is 6.07. The first-order valence-electron chi connectivity index (χ1n) is 7.29. The van der Waals surface area contributed by atoms with E-state index in [2.05, 4.69) is 11.4 Å². The normalized spacial score (nSPS) is 46.8. The zero-order chi connectivity index (χ0) is 13.5. The molecule has 2 aliphatic carbocycles. The number of nitrogens with one attached hydrogen (secondary N) is 1. The van der Waals surface area contributed by atoms with Crippen LogP contribution in [-0.2, 0) is 11.8 Å². The van der Waals surface area contributed by atoms with E-state index in [0.29, 0.717) is 0 Å². The summed E-state index contributed by atoms with van der Waals surface area (Å²) in [5, 5.41) is 25.2. The molecule has 5 atom stereocenters. The largest absolute Gasteiger partial charge is 0.486 e. The van der Waals surface area contributed by atoms with Crippen LogP contribution >= 0.6 is 0 Å². The van der Waals surface area contributed by atoms with E-state index >= 15 is 0 Å². The predicted molar refractivity (Wildman–Crippen MR) is 72.7 cm³/mol. The van der Waals surface area contributed by atoms with Crippen LogP contribution in [-0.4, -0.2) is 40.6 Å². The van der Waals surface area contributed by atoms with Crippen molar-refractivity contribution in [3.8, 4) is 5.75 Å². The fourth-order valence-corrected chi connectivity index (χ4v) is 4.96. The Bertz CT molecular complexity index is 643. The van der Waals surface area contributed by atoms with Gasteiger partial charge >= 0.3 is 0 Å². The molecule has 5 rings (SSSR count). The van der Waals surface area contributed by atoms with Gasteiger partial charge in [-0.15, -0.1) is 0 Å².